The monoisotopic (exact) mass is 253 g/mol. The first-order valence-electron chi connectivity index (χ1n) is 6.70. The highest BCUT2D eigenvalue weighted by molar-refractivity contribution is 5.74. The van der Waals surface area contributed by atoms with E-state index in [0.29, 0.717) is 0 Å². The number of fused-ring (bicyclic) bond motifs is 1. The van der Waals surface area contributed by atoms with Crippen LogP contribution >= 0.6 is 0 Å². The van der Waals surface area contributed by atoms with Crippen molar-refractivity contribution in [3.8, 4) is 0 Å². The molecule has 0 atom stereocenters. The number of aromatic nitrogens is 5. The lowest BCUT2D eigenvalue weighted by Gasteiger charge is -2.31. The van der Waals surface area contributed by atoms with E-state index in [1.807, 2.05) is 36.9 Å². The third kappa shape index (κ3) is 1.44. The van der Waals surface area contributed by atoms with Gasteiger partial charge >= 0.3 is 0 Å². The summed E-state index contributed by atoms with van der Waals surface area (Å²) in [5, 5.41) is 8.72. The van der Waals surface area contributed by atoms with Gasteiger partial charge in [0.15, 0.2) is 0 Å². The molecule has 1 aromatic carbocycles. The van der Waals surface area contributed by atoms with Crippen molar-refractivity contribution in [2.75, 3.05) is 0 Å². The van der Waals surface area contributed by atoms with E-state index < -0.39 is 0 Å². The van der Waals surface area contributed by atoms with E-state index in [-0.39, 0.29) is 5.66 Å². The summed E-state index contributed by atoms with van der Waals surface area (Å²) >= 11 is 0. The fraction of sp³-hybridized carbons (Fsp3) is 0.357. The average Bonchev–Trinajstić information content (AvgIpc) is 3.18. The van der Waals surface area contributed by atoms with E-state index in [1.165, 1.54) is 12.8 Å². The summed E-state index contributed by atoms with van der Waals surface area (Å²) in [5.74, 6) is 0. The SMILES string of the molecule is c1ccc2c(c1)nnn2C1(n2ccnc2)CCCC1. The maximum atomic E-state index is 4.42. The number of imidazole rings is 1. The van der Waals surface area contributed by atoms with Gasteiger partial charge < -0.3 is 4.57 Å². The minimum Gasteiger partial charge on any atom is -0.312 e. The van der Waals surface area contributed by atoms with Gasteiger partial charge in [-0.1, -0.05) is 17.3 Å². The standard InChI is InChI=1S/C14H15N5/c1-2-6-13-12(5-1)16-17-19(13)14(7-3-4-8-14)18-10-9-15-11-18/h1-2,5-6,9-11H,3-4,7-8H2. The number of nitrogens with zero attached hydrogens (tertiary/aromatic N) is 5. The number of rotatable bonds is 2. The number of benzene rings is 1. The van der Waals surface area contributed by atoms with Crippen LogP contribution in [0.2, 0.25) is 0 Å². The number of hydrogen-bond donors (Lipinski definition) is 0. The molecule has 1 aliphatic rings. The van der Waals surface area contributed by atoms with Gasteiger partial charge in [0, 0.05) is 12.4 Å². The Morgan fingerprint density at radius 3 is 2.74 bits per heavy atom. The molecule has 0 saturated heterocycles. The zero-order valence-electron chi connectivity index (χ0n) is 10.6. The Hall–Kier alpha value is -2.17. The molecule has 0 bridgehead atoms. The summed E-state index contributed by atoms with van der Waals surface area (Å²) in [6.45, 7) is 0. The zero-order chi connectivity index (χ0) is 12.7. The van der Waals surface area contributed by atoms with Crippen molar-refractivity contribution in [1.29, 1.82) is 0 Å². The Balaban J connectivity index is 1.97. The van der Waals surface area contributed by atoms with Crippen LogP contribution in [0.25, 0.3) is 11.0 Å². The first-order valence-corrected chi connectivity index (χ1v) is 6.70. The van der Waals surface area contributed by atoms with Crippen molar-refractivity contribution in [3.05, 3.63) is 43.0 Å². The van der Waals surface area contributed by atoms with E-state index in [1.54, 1.807) is 0 Å². The number of hydrogen-bond acceptors (Lipinski definition) is 3. The molecule has 1 fully saturated rings. The molecule has 1 aliphatic carbocycles. The largest absolute Gasteiger partial charge is 0.312 e. The van der Waals surface area contributed by atoms with E-state index in [9.17, 15) is 0 Å². The first kappa shape index (κ1) is 10.7. The molecule has 0 spiro atoms. The molecule has 5 heteroatoms. The first-order chi connectivity index (χ1) is 9.40. The molecule has 4 rings (SSSR count). The summed E-state index contributed by atoms with van der Waals surface area (Å²) in [4.78, 5) is 4.20. The fourth-order valence-electron chi connectivity index (χ4n) is 3.20. The topological polar surface area (TPSA) is 48.5 Å². The van der Waals surface area contributed by atoms with Crippen molar-refractivity contribution in [2.24, 2.45) is 0 Å². The Kier molecular flexibility index (Phi) is 2.21. The number of para-hydroxylation sites is 1. The predicted octanol–water partition coefficient (Wildman–Crippen LogP) is 2.40. The van der Waals surface area contributed by atoms with Crippen molar-refractivity contribution in [3.63, 3.8) is 0 Å². The van der Waals surface area contributed by atoms with Gasteiger partial charge in [-0.25, -0.2) is 9.67 Å². The van der Waals surface area contributed by atoms with Crippen molar-refractivity contribution < 1.29 is 0 Å². The molecule has 2 aromatic heterocycles. The minimum absolute atomic E-state index is 0.132. The third-order valence-corrected chi connectivity index (χ3v) is 4.14. The molecule has 0 radical (unpaired) electrons. The Morgan fingerprint density at radius 2 is 1.95 bits per heavy atom. The van der Waals surface area contributed by atoms with Crippen LogP contribution in [0.4, 0.5) is 0 Å². The lowest BCUT2D eigenvalue weighted by Crippen LogP contribution is -2.38. The van der Waals surface area contributed by atoms with Gasteiger partial charge in [-0.15, -0.1) is 5.10 Å². The van der Waals surface area contributed by atoms with Gasteiger partial charge in [0.2, 0.25) is 0 Å². The minimum atomic E-state index is -0.132. The van der Waals surface area contributed by atoms with Crippen LogP contribution in [0.1, 0.15) is 25.7 Å². The van der Waals surface area contributed by atoms with Crippen LogP contribution in [0.5, 0.6) is 0 Å². The summed E-state index contributed by atoms with van der Waals surface area (Å²) < 4.78 is 4.26. The van der Waals surface area contributed by atoms with Gasteiger partial charge in [-0.2, -0.15) is 0 Å². The molecule has 19 heavy (non-hydrogen) atoms. The summed E-state index contributed by atoms with van der Waals surface area (Å²) in [6, 6.07) is 8.14. The van der Waals surface area contributed by atoms with E-state index >= 15 is 0 Å². The predicted molar refractivity (Wildman–Crippen MR) is 71.6 cm³/mol. The van der Waals surface area contributed by atoms with Crippen molar-refractivity contribution >= 4 is 11.0 Å². The molecular formula is C14H15N5. The van der Waals surface area contributed by atoms with Crippen LogP contribution in [0.15, 0.2) is 43.0 Å². The molecular weight excluding hydrogens is 238 g/mol. The molecule has 96 valence electrons. The molecule has 3 aromatic rings. The van der Waals surface area contributed by atoms with Gasteiger partial charge in [0.1, 0.15) is 11.2 Å². The van der Waals surface area contributed by atoms with E-state index in [2.05, 4.69) is 30.6 Å². The summed E-state index contributed by atoms with van der Waals surface area (Å²) in [7, 11) is 0. The van der Waals surface area contributed by atoms with Crippen LogP contribution in [-0.2, 0) is 5.66 Å². The maximum absolute atomic E-state index is 4.42. The Bertz CT molecular complexity index is 692. The Labute approximate surface area is 110 Å². The van der Waals surface area contributed by atoms with E-state index in [4.69, 9.17) is 0 Å². The highest BCUT2D eigenvalue weighted by atomic mass is 15.5. The summed E-state index contributed by atoms with van der Waals surface area (Å²) in [5.41, 5.74) is 1.92. The lowest BCUT2D eigenvalue weighted by atomic mass is 10.1. The lowest BCUT2D eigenvalue weighted by molar-refractivity contribution is 0.213. The fourth-order valence-corrected chi connectivity index (χ4v) is 3.20. The molecule has 1 saturated carbocycles. The van der Waals surface area contributed by atoms with E-state index in [0.717, 1.165) is 23.9 Å². The summed E-state index contributed by atoms with van der Waals surface area (Å²) in [6.07, 6.45) is 10.3. The quantitative estimate of drug-likeness (QED) is 0.704. The van der Waals surface area contributed by atoms with Crippen LogP contribution in [0, 0.1) is 0 Å². The van der Waals surface area contributed by atoms with Gasteiger partial charge in [0.05, 0.1) is 11.8 Å². The molecule has 2 heterocycles. The second-order valence-electron chi connectivity index (χ2n) is 5.15. The average molecular weight is 253 g/mol. The Morgan fingerprint density at radius 1 is 1.11 bits per heavy atom. The zero-order valence-corrected chi connectivity index (χ0v) is 10.6. The van der Waals surface area contributed by atoms with Gasteiger partial charge in [-0.05, 0) is 37.8 Å². The van der Waals surface area contributed by atoms with Crippen molar-refractivity contribution in [2.45, 2.75) is 31.3 Å². The maximum Gasteiger partial charge on any atom is 0.140 e. The smallest absolute Gasteiger partial charge is 0.140 e. The highest BCUT2D eigenvalue weighted by Crippen LogP contribution is 2.38. The molecule has 5 nitrogen and oxygen atoms in total. The second kappa shape index (κ2) is 3.91. The highest BCUT2D eigenvalue weighted by Gasteiger charge is 2.39. The van der Waals surface area contributed by atoms with Gasteiger partial charge in [0.25, 0.3) is 0 Å². The second-order valence-corrected chi connectivity index (χ2v) is 5.15. The van der Waals surface area contributed by atoms with Crippen LogP contribution in [0.3, 0.4) is 0 Å². The van der Waals surface area contributed by atoms with Gasteiger partial charge in [-0.3, -0.25) is 0 Å². The van der Waals surface area contributed by atoms with Crippen LogP contribution < -0.4 is 0 Å². The van der Waals surface area contributed by atoms with Crippen LogP contribution in [-0.4, -0.2) is 24.5 Å². The van der Waals surface area contributed by atoms with Crippen molar-refractivity contribution in [1.82, 2.24) is 24.5 Å². The molecule has 0 N–H and O–H groups in total. The normalized spacial score (nSPS) is 18.1. The third-order valence-electron chi connectivity index (χ3n) is 4.14. The molecule has 0 aliphatic heterocycles. The molecule has 0 unspecified atom stereocenters. The molecule has 0 amide bonds.